The van der Waals surface area contributed by atoms with Crippen LogP contribution in [0.5, 0.6) is 0 Å². The molecule has 0 unspecified atom stereocenters. The van der Waals surface area contributed by atoms with Crippen LogP contribution < -0.4 is 0 Å². The van der Waals surface area contributed by atoms with Gasteiger partial charge in [0.2, 0.25) is 0 Å². The SMILES string of the molecule is c1ccc(-c2cccc(-c3ccc4c5ccccc5n(-c5ccccc5)c4c3)c2-c2c3ccccc3c(-c3ccc4c5ccccc5c5ccccc5c4c3)c3ccccc23)cc1. The molecule has 0 aliphatic carbocycles. The van der Waals surface area contributed by atoms with Crippen molar-refractivity contribution in [3.8, 4) is 50.2 Å². The Hall–Kier alpha value is -8.26. The molecule has 0 aliphatic heterocycles. The molecule has 0 radical (unpaired) electrons. The molecule has 1 heterocycles. The largest absolute Gasteiger partial charge is 0.309 e. The molecule has 0 amide bonds. The smallest absolute Gasteiger partial charge is 0.0547 e. The van der Waals surface area contributed by atoms with Gasteiger partial charge < -0.3 is 4.57 Å². The second-order valence-electron chi connectivity index (χ2n) is 16.7. The van der Waals surface area contributed by atoms with Gasteiger partial charge in [-0.3, -0.25) is 0 Å². The second-order valence-corrected chi connectivity index (χ2v) is 16.7. The van der Waals surface area contributed by atoms with Gasteiger partial charge >= 0.3 is 0 Å². The molecule has 0 aliphatic rings. The predicted octanol–water partition coefficient (Wildman–Crippen LogP) is 17.2. The first-order valence-corrected chi connectivity index (χ1v) is 21.8. The van der Waals surface area contributed by atoms with Gasteiger partial charge in [0.25, 0.3) is 0 Å². The molecule has 1 nitrogen and oxygen atoms in total. The van der Waals surface area contributed by atoms with Gasteiger partial charge in [-0.1, -0.05) is 206 Å². The topological polar surface area (TPSA) is 4.93 Å². The van der Waals surface area contributed by atoms with Crippen molar-refractivity contribution in [1.82, 2.24) is 4.57 Å². The lowest BCUT2D eigenvalue weighted by atomic mass is 9.80. The van der Waals surface area contributed by atoms with Crippen molar-refractivity contribution in [1.29, 1.82) is 0 Å². The summed E-state index contributed by atoms with van der Waals surface area (Å²) in [5, 5.41) is 15.2. The number of hydrogen-bond donors (Lipinski definition) is 0. The first-order valence-electron chi connectivity index (χ1n) is 21.8. The lowest BCUT2D eigenvalue weighted by Gasteiger charge is -2.22. The number of rotatable bonds is 5. The Balaban J connectivity index is 1.12. The first-order chi connectivity index (χ1) is 31.3. The Kier molecular flexibility index (Phi) is 7.98. The highest BCUT2D eigenvalue weighted by atomic mass is 15.0. The molecule has 1 heteroatoms. The van der Waals surface area contributed by atoms with Gasteiger partial charge in [0, 0.05) is 16.5 Å². The van der Waals surface area contributed by atoms with Crippen LogP contribution >= 0.6 is 0 Å². The molecule has 0 fully saturated rings. The van der Waals surface area contributed by atoms with E-state index >= 15 is 0 Å². The molecule has 63 heavy (non-hydrogen) atoms. The molecule has 1 aromatic heterocycles. The molecule has 0 spiro atoms. The molecule has 12 aromatic carbocycles. The third kappa shape index (κ3) is 5.43. The fourth-order valence-electron chi connectivity index (χ4n) is 10.7. The molecule has 0 saturated carbocycles. The highest BCUT2D eigenvalue weighted by molar-refractivity contribution is 6.28. The molecule has 13 rings (SSSR count). The zero-order chi connectivity index (χ0) is 41.4. The van der Waals surface area contributed by atoms with Crippen molar-refractivity contribution >= 4 is 75.7 Å². The fraction of sp³-hybridized carbons (Fsp3) is 0. The van der Waals surface area contributed by atoms with Crippen molar-refractivity contribution in [3.63, 3.8) is 0 Å². The molecular formula is C62H39N. The van der Waals surface area contributed by atoms with Crippen LogP contribution in [0, 0.1) is 0 Å². The molecular weight excluding hydrogens is 759 g/mol. The maximum atomic E-state index is 2.45. The molecule has 13 aromatic rings. The van der Waals surface area contributed by atoms with E-state index in [4.69, 9.17) is 0 Å². The fourth-order valence-corrected chi connectivity index (χ4v) is 10.7. The number of benzene rings is 12. The predicted molar refractivity (Wildman–Crippen MR) is 270 cm³/mol. The Morgan fingerprint density at radius 1 is 0.206 bits per heavy atom. The summed E-state index contributed by atoms with van der Waals surface area (Å²) in [7, 11) is 0. The summed E-state index contributed by atoms with van der Waals surface area (Å²) in [6, 6.07) is 87.4. The number of fused-ring (bicyclic) bond motifs is 11. The van der Waals surface area contributed by atoms with E-state index in [0.717, 1.165) is 5.69 Å². The lowest BCUT2D eigenvalue weighted by molar-refractivity contribution is 1.18. The summed E-state index contributed by atoms with van der Waals surface area (Å²) in [6.07, 6.45) is 0. The van der Waals surface area contributed by atoms with E-state index in [1.54, 1.807) is 0 Å². The minimum atomic E-state index is 1.15. The number of para-hydroxylation sites is 2. The van der Waals surface area contributed by atoms with Gasteiger partial charge in [0.05, 0.1) is 11.0 Å². The Bertz CT molecular complexity index is 3860. The summed E-state index contributed by atoms with van der Waals surface area (Å²) in [6.45, 7) is 0. The van der Waals surface area contributed by atoms with Crippen molar-refractivity contribution in [2.75, 3.05) is 0 Å². The Labute approximate surface area is 365 Å². The highest BCUT2D eigenvalue weighted by Gasteiger charge is 2.23. The second kappa shape index (κ2) is 14.2. The number of aromatic nitrogens is 1. The van der Waals surface area contributed by atoms with E-state index in [0.29, 0.717) is 0 Å². The van der Waals surface area contributed by atoms with E-state index in [1.807, 2.05) is 0 Å². The van der Waals surface area contributed by atoms with E-state index in [1.165, 1.54) is 120 Å². The zero-order valence-electron chi connectivity index (χ0n) is 34.5. The van der Waals surface area contributed by atoms with E-state index in [2.05, 4.69) is 241 Å². The zero-order valence-corrected chi connectivity index (χ0v) is 34.5. The van der Waals surface area contributed by atoms with Gasteiger partial charge in [-0.2, -0.15) is 0 Å². The minimum Gasteiger partial charge on any atom is -0.309 e. The van der Waals surface area contributed by atoms with E-state index < -0.39 is 0 Å². The third-order valence-electron chi connectivity index (χ3n) is 13.4. The van der Waals surface area contributed by atoms with Crippen LogP contribution in [0.4, 0.5) is 0 Å². The standard InChI is InChI=1S/C62H39N/c1-3-18-40(19-4-1)44-31-17-32-45(41-34-37-52-51-26-15-16-33-58(51)63(59(52)39-41)43-20-5-2-6-21-43)61(44)62-55-29-13-11-27-53(55)60(54-28-12-14-30-56(54)62)42-35-36-50-48-24-8-7-22-46(48)47-23-9-10-25-49(47)57(50)38-42/h1-39H. The van der Waals surface area contributed by atoms with Gasteiger partial charge in [-0.25, -0.2) is 0 Å². The molecule has 0 saturated heterocycles. The van der Waals surface area contributed by atoms with Crippen LogP contribution in [0.1, 0.15) is 0 Å². The Morgan fingerprint density at radius 2 is 0.635 bits per heavy atom. The average molecular weight is 798 g/mol. The highest BCUT2D eigenvalue weighted by Crippen LogP contribution is 2.50. The Morgan fingerprint density at radius 3 is 1.25 bits per heavy atom. The average Bonchev–Trinajstić information content (AvgIpc) is 3.69. The quantitative estimate of drug-likeness (QED) is 0.121. The van der Waals surface area contributed by atoms with Crippen LogP contribution in [-0.4, -0.2) is 4.57 Å². The van der Waals surface area contributed by atoms with Crippen molar-refractivity contribution in [2.24, 2.45) is 0 Å². The minimum absolute atomic E-state index is 1.15. The molecule has 0 bridgehead atoms. The van der Waals surface area contributed by atoms with Crippen LogP contribution in [0.2, 0.25) is 0 Å². The summed E-state index contributed by atoms with van der Waals surface area (Å²) in [5.74, 6) is 0. The monoisotopic (exact) mass is 797 g/mol. The van der Waals surface area contributed by atoms with Crippen LogP contribution in [-0.2, 0) is 0 Å². The van der Waals surface area contributed by atoms with E-state index in [9.17, 15) is 0 Å². The maximum absolute atomic E-state index is 2.45. The van der Waals surface area contributed by atoms with Gasteiger partial charge in [0.15, 0.2) is 0 Å². The summed E-state index contributed by atoms with van der Waals surface area (Å²) in [4.78, 5) is 0. The molecule has 292 valence electrons. The van der Waals surface area contributed by atoms with Crippen LogP contribution in [0.3, 0.4) is 0 Å². The summed E-state index contributed by atoms with van der Waals surface area (Å²) in [5.41, 5.74) is 13.3. The van der Waals surface area contributed by atoms with Crippen molar-refractivity contribution in [2.45, 2.75) is 0 Å². The summed E-state index contributed by atoms with van der Waals surface area (Å²) < 4.78 is 2.42. The summed E-state index contributed by atoms with van der Waals surface area (Å²) >= 11 is 0. The number of hydrogen-bond acceptors (Lipinski definition) is 0. The third-order valence-corrected chi connectivity index (χ3v) is 13.4. The molecule has 0 atom stereocenters. The van der Waals surface area contributed by atoms with E-state index in [-0.39, 0.29) is 0 Å². The van der Waals surface area contributed by atoms with Gasteiger partial charge in [-0.05, 0) is 129 Å². The molecule has 0 N–H and O–H groups in total. The van der Waals surface area contributed by atoms with Gasteiger partial charge in [-0.15, -0.1) is 0 Å². The van der Waals surface area contributed by atoms with Gasteiger partial charge in [0.1, 0.15) is 0 Å². The maximum Gasteiger partial charge on any atom is 0.0547 e. The van der Waals surface area contributed by atoms with Crippen LogP contribution in [0.25, 0.3) is 126 Å². The van der Waals surface area contributed by atoms with Crippen LogP contribution in [0.15, 0.2) is 237 Å². The van der Waals surface area contributed by atoms with Crippen molar-refractivity contribution < 1.29 is 0 Å². The van der Waals surface area contributed by atoms with Crippen molar-refractivity contribution in [3.05, 3.63) is 237 Å². The lowest BCUT2D eigenvalue weighted by Crippen LogP contribution is -1.96. The normalized spacial score (nSPS) is 11.8. The number of nitrogens with zero attached hydrogens (tertiary/aromatic N) is 1. The first kappa shape index (κ1) is 35.5.